The summed E-state index contributed by atoms with van der Waals surface area (Å²) >= 11 is 0. The molecule has 3 aromatic rings. The highest BCUT2D eigenvalue weighted by Gasteiger charge is 2.30. The predicted molar refractivity (Wildman–Crippen MR) is 97.6 cm³/mol. The van der Waals surface area contributed by atoms with Crippen LogP contribution in [0.3, 0.4) is 0 Å². The summed E-state index contributed by atoms with van der Waals surface area (Å²) in [6.07, 6.45) is 2.26. The van der Waals surface area contributed by atoms with Gasteiger partial charge in [-0.25, -0.2) is 9.78 Å². The first-order valence-electron chi connectivity index (χ1n) is 8.87. The Bertz CT molecular complexity index is 1010. The van der Waals surface area contributed by atoms with Gasteiger partial charge in [0.1, 0.15) is 6.04 Å². The minimum Gasteiger partial charge on any atom is -0.480 e. The zero-order chi connectivity index (χ0) is 19.0. The molecule has 138 valence electrons. The van der Waals surface area contributed by atoms with Crippen molar-refractivity contribution in [2.24, 2.45) is 0 Å². The molecule has 7 heteroatoms. The number of fused-ring (bicyclic) bond motifs is 1. The van der Waals surface area contributed by atoms with Crippen LogP contribution in [-0.2, 0) is 11.2 Å². The van der Waals surface area contributed by atoms with Gasteiger partial charge in [0.2, 0.25) is 0 Å². The first kappa shape index (κ1) is 17.2. The van der Waals surface area contributed by atoms with Crippen LogP contribution in [0.15, 0.2) is 40.9 Å². The standard InChI is InChI=1S/C20H19N3O4/c1-11-17-14(10-15(13-7-8-13)22-19(17)27-23-11)18(24)21-16(20(25)26)9-12-5-3-2-4-6-12/h2-6,10,13,16H,7-9H2,1H3,(H,21,24)(H,25,26)/t16-/m1/s1. The van der Waals surface area contributed by atoms with E-state index in [1.807, 2.05) is 30.3 Å². The second-order valence-corrected chi connectivity index (χ2v) is 6.87. The van der Waals surface area contributed by atoms with Crippen molar-refractivity contribution in [1.29, 1.82) is 0 Å². The molecular formula is C20H19N3O4. The Morgan fingerprint density at radius 1 is 1.30 bits per heavy atom. The monoisotopic (exact) mass is 365 g/mol. The lowest BCUT2D eigenvalue weighted by Crippen LogP contribution is -2.42. The molecule has 1 fully saturated rings. The third-order valence-corrected chi connectivity index (χ3v) is 4.76. The lowest BCUT2D eigenvalue weighted by molar-refractivity contribution is -0.139. The number of carbonyl (C=O) groups is 2. The number of carboxylic acids is 1. The molecule has 1 saturated carbocycles. The average Bonchev–Trinajstić information content (AvgIpc) is 3.45. The Kier molecular flexibility index (Phi) is 4.35. The number of nitrogens with one attached hydrogen (secondary N) is 1. The van der Waals surface area contributed by atoms with Gasteiger partial charge in [0, 0.05) is 18.0 Å². The van der Waals surface area contributed by atoms with Gasteiger partial charge in [0.05, 0.1) is 16.6 Å². The van der Waals surface area contributed by atoms with E-state index in [-0.39, 0.29) is 6.42 Å². The minimum atomic E-state index is -1.08. The zero-order valence-electron chi connectivity index (χ0n) is 14.8. The van der Waals surface area contributed by atoms with Crippen LogP contribution in [0.1, 0.15) is 46.1 Å². The van der Waals surface area contributed by atoms with Gasteiger partial charge in [-0.05, 0) is 31.4 Å². The smallest absolute Gasteiger partial charge is 0.326 e. The van der Waals surface area contributed by atoms with Gasteiger partial charge in [0.25, 0.3) is 11.6 Å². The number of nitrogens with zero attached hydrogens (tertiary/aromatic N) is 2. The van der Waals surface area contributed by atoms with Gasteiger partial charge in [-0.15, -0.1) is 0 Å². The number of carbonyl (C=O) groups excluding carboxylic acids is 1. The Morgan fingerprint density at radius 3 is 2.70 bits per heavy atom. The molecule has 1 aliphatic carbocycles. The normalized spacial score (nSPS) is 14.9. The summed E-state index contributed by atoms with van der Waals surface area (Å²) in [5, 5.41) is 16.6. The van der Waals surface area contributed by atoms with E-state index >= 15 is 0 Å². The molecule has 7 nitrogen and oxygen atoms in total. The molecule has 0 bridgehead atoms. The second-order valence-electron chi connectivity index (χ2n) is 6.87. The molecule has 1 aromatic carbocycles. The van der Waals surface area contributed by atoms with E-state index in [1.165, 1.54) is 0 Å². The van der Waals surface area contributed by atoms with Crippen LogP contribution < -0.4 is 5.32 Å². The van der Waals surface area contributed by atoms with E-state index in [0.29, 0.717) is 28.3 Å². The van der Waals surface area contributed by atoms with Crippen molar-refractivity contribution in [3.63, 3.8) is 0 Å². The summed E-state index contributed by atoms with van der Waals surface area (Å²) in [6, 6.07) is 9.91. The van der Waals surface area contributed by atoms with Crippen LogP contribution in [0.25, 0.3) is 11.1 Å². The SMILES string of the molecule is Cc1noc2nc(C3CC3)cc(C(=O)N[C@H](Cc3ccccc3)C(=O)O)c12. The van der Waals surface area contributed by atoms with Gasteiger partial charge in [-0.3, -0.25) is 4.79 Å². The Balaban J connectivity index is 1.65. The fourth-order valence-electron chi connectivity index (χ4n) is 3.17. The number of aliphatic carboxylic acids is 1. The predicted octanol–water partition coefficient (Wildman–Crippen LogP) is 2.83. The number of hydrogen-bond acceptors (Lipinski definition) is 5. The molecule has 1 aliphatic rings. The lowest BCUT2D eigenvalue weighted by atomic mass is 10.0. The number of hydrogen-bond donors (Lipinski definition) is 2. The number of amides is 1. The number of pyridine rings is 1. The molecule has 1 atom stereocenters. The molecule has 4 rings (SSSR count). The van der Waals surface area contributed by atoms with Crippen LogP contribution in [0.5, 0.6) is 0 Å². The van der Waals surface area contributed by atoms with E-state index in [1.54, 1.807) is 13.0 Å². The van der Waals surface area contributed by atoms with E-state index in [9.17, 15) is 14.7 Å². The van der Waals surface area contributed by atoms with Crippen molar-refractivity contribution >= 4 is 23.0 Å². The Labute approximate surface area is 155 Å². The summed E-state index contributed by atoms with van der Waals surface area (Å²) in [5.74, 6) is -1.22. The molecular weight excluding hydrogens is 346 g/mol. The maximum absolute atomic E-state index is 12.9. The summed E-state index contributed by atoms with van der Waals surface area (Å²) in [5.41, 5.74) is 2.86. The second kappa shape index (κ2) is 6.83. The van der Waals surface area contributed by atoms with Crippen LogP contribution in [0.4, 0.5) is 0 Å². The first-order chi connectivity index (χ1) is 13.0. The fraction of sp³-hybridized carbons (Fsp3) is 0.300. The fourth-order valence-corrected chi connectivity index (χ4v) is 3.17. The van der Waals surface area contributed by atoms with Crippen molar-refractivity contribution in [2.75, 3.05) is 0 Å². The number of aromatic nitrogens is 2. The summed E-state index contributed by atoms with van der Waals surface area (Å²) in [6.45, 7) is 1.74. The van der Waals surface area contributed by atoms with Crippen molar-refractivity contribution < 1.29 is 19.2 Å². The van der Waals surface area contributed by atoms with Crippen molar-refractivity contribution in [2.45, 2.75) is 38.1 Å². The van der Waals surface area contributed by atoms with Crippen LogP contribution in [-0.4, -0.2) is 33.2 Å². The van der Waals surface area contributed by atoms with Gasteiger partial charge in [-0.2, -0.15) is 0 Å². The Morgan fingerprint density at radius 2 is 2.04 bits per heavy atom. The van der Waals surface area contributed by atoms with Crippen molar-refractivity contribution in [1.82, 2.24) is 15.5 Å². The van der Waals surface area contributed by atoms with Crippen molar-refractivity contribution in [3.8, 4) is 0 Å². The van der Waals surface area contributed by atoms with Crippen LogP contribution in [0.2, 0.25) is 0 Å². The van der Waals surface area contributed by atoms with Gasteiger partial charge < -0.3 is 14.9 Å². The van der Waals surface area contributed by atoms with Gasteiger partial charge >= 0.3 is 5.97 Å². The zero-order valence-corrected chi connectivity index (χ0v) is 14.8. The van der Waals surface area contributed by atoms with E-state index < -0.39 is 17.9 Å². The molecule has 2 heterocycles. The highest BCUT2D eigenvalue weighted by molar-refractivity contribution is 6.07. The van der Waals surface area contributed by atoms with Crippen molar-refractivity contribution in [3.05, 3.63) is 58.9 Å². The Hall–Kier alpha value is -3.22. The number of rotatable bonds is 6. The van der Waals surface area contributed by atoms with E-state index in [4.69, 9.17) is 4.52 Å². The minimum absolute atomic E-state index is 0.203. The molecule has 1 amide bonds. The molecule has 0 radical (unpaired) electrons. The lowest BCUT2D eigenvalue weighted by Gasteiger charge is -2.15. The van der Waals surface area contributed by atoms with Gasteiger partial charge in [-0.1, -0.05) is 35.5 Å². The molecule has 27 heavy (non-hydrogen) atoms. The molecule has 0 aliphatic heterocycles. The molecule has 2 N–H and O–H groups in total. The average molecular weight is 365 g/mol. The highest BCUT2D eigenvalue weighted by atomic mass is 16.5. The number of aryl methyl sites for hydroxylation is 1. The first-order valence-corrected chi connectivity index (χ1v) is 8.87. The largest absolute Gasteiger partial charge is 0.480 e. The van der Waals surface area contributed by atoms with Crippen LogP contribution in [0, 0.1) is 6.92 Å². The highest BCUT2D eigenvalue weighted by Crippen LogP contribution is 2.40. The molecule has 0 unspecified atom stereocenters. The number of carboxylic acid groups (broad SMARTS) is 1. The molecule has 2 aromatic heterocycles. The van der Waals surface area contributed by atoms with E-state index in [2.05, 4.69) is 15.5 Å². The van der Waals surface area contributed by atoms with E-state index in [0.717, 1.165) is 24.1 Å². The summed E-state index contributed by atoms with van der Waals surface area (Å²) in [4.78, 5) is 29.1. The quantitative estimate of drug-likeness (QED) is 0.696. The molecule has 0 saturated heterocycles. The maximum Gasteiger partial charge on any atom is 0.326 e. The third-order valence-electron chi connectivity index (χ3n) is 4.76. The van der Waals surface area contributed by atoms with Crippen LogP contribution >= 0.6 is 0 Å². The summed E-state index contributed by atoms with van der Waals surface area (Å²) < 4.78 is 5.25. The molecule has 0 spiro atoms. The number of benzene rings is 1. The summed E-state index contributed by atoms with van der Waals surface area (Å²) in [7, 11) is 0. The third kappa shape index (κ3) is 3.53. The topological polar surface area (TPSA) is 105 Å². The van der Waals surface area contributed by atoms with Gasteiger partial charge in [0.15, 0.2) is 0 Å². The maximum atomic E-state index is 12.9.